The molecular formula is C23H36O. The molecule has 0 amide bonds. The van der Waals surface area contributed by atoms with E-state index in [2.05, 4.69) is 19.1 Å². The topological polar surface area (TPSA) is 20.2 Å². The van der Waals surface area contributed by atoms with E-state index < -0.39 is 0 Å². The Kier molecular flexibility index (Phi) is 6.63. The van der Waals surface area contributed by atoms with Gasteiger partial charge in [-0.1, -0.05) is 83.3 Å². The van der Waals surface area contributed by atoms with Crippen molar-refractivity contribution in [1.82, 2.24) is 0 Å². The lowest BCUT2D eigenvalue weighted by Crippen LogP contribution is -2.17. The maximum absolute atomic E-state index is 9.36. The van der Waals surface area contributed by atoms with Gasteiger partial charge in [-0.3, -0.25) is 0 Å². The molecule has 3 rings (SSSR count). The number of aromatic hydroxyl groups is 1. The summed E-state index contributed by atoms with van der Waals surface area (Å²) in [5.41, 5.74) is 1.38. The first kappa shape index (κ1) is 17.8. The first-order valence-corrected chi connectivity index (χ1v) is 10.5. The Balaban J connectivity index is 1.30. The number of benzene rings is 1. The van der Waals surface area contributed by atoms with Gasteiger partial charge in [0.1, 0.15) is 5.75 Å². The van der Waals surface area contributed by atoms with Crippen LogP contribution >= 0.6 is 0 Å². The Bertz CT molecular complexity index is 461. The van der Waals surface area contributed by atoms with Crippen LogP contribution in [0.2, 0.25) is 0 Å². The Hall–Kier alpha value is -0.980. The number of rotatable bonds is 6. The van der Waals surface area contributed by atoms with Gasteiger partial charge in [0.25, 0.3) is 0 Å². The summed E-state index contributed by atoms with van der Waals surface area (Å²) in [7, 11) is 0. The van der Waals surface area contributed by atoms with Gasteiger partial charge in [0.2, 0.25) is 0 Å². The summed E-state index contributed by atoms with van der Waals surface area (Å²) < 4.78 is 0. The van der Waals surface area contributed by atoms with Gasteiger partial charge in [0.15, 0.2) is 0 Å². The van der Waals surface area contributed by atoms with Crippen LogP contribution in [0.4, 0.5) is 0 Å². The largest absolute Gasteiger partial charge is 0.508 e. The van der Waals surface area contributed by atoms with Crippen molar-refractivity contribution < 1.29 is 5.11 Å². The Labute approximate surface area is 148 Å². The standard InChI is InChI=1S/C23H36O/c1-18-2-4-19(5-3-18)6-7-20-8-10-21(11-9-20)12-13-22-14-16-23(24)17-15-22/h14-21,24H,2-13H2,1H3. The molecule has 1 N–H and O–H groups in total. The van der Waals surface area contributed by atoms with E-state index in [0.29, 0.717) is 5.75 Å². The molecule has 2 aliphatic rings. The zero-order chi connectivity index (χ0) is 16.8. The third-order valence-electron chi connectivity index (χ3n) is 6.86. The van der Waals surface area contributed by atoms with Crippen molar-refractivity contribution in [3.63, 3.8) is 0 Å². The van der Waals surface area contributed by atoms with Crippen LogP contribution in [0.5, 0.6) is 5.75 Å². The molecule has 0 saturated heterocycles. The van der Waals surface area contributed by atoms with Crippen LogP contribution in [0.25, 0.3) is 0 Å². The molecule has 0 heterocycles. The number of hydrogen-bond donors (Lipinski definition) is 1. The second-order valence-corrected chi connectivity index (χ2v) is 8.80. The first-order valence-electron chi connectivity index (χ1n) is 10.5. The molecule has 2 fully saturated rings. The van der Waals surface area contributed by atoms with Gasteiger partial charge in [-0.05, 0) is 54.2 Å². The third kappa shape index (κ3) is 5.53. The van der Waals surface area contributed by atoms with Crippen LogP contribution in [0.1, 0.15) is 83.1 Å². The molecule has 2 saturated carbocycles. The van der Waals surface area contributed by atoms with Gasteiger partial charge in [0, 0.05) is 0 Å². The predicted molar refractivity (Wildman–Crippen MR) is 102 cm³/mol. The van der Waals surface area contributed by atoms with Crippen molar-refractivity contribution in [3.05, 3.63) is 29.8 Å². The summed E-state index contributed by atoms with van der Waals surface area (Å²) in [6.07, 6.45) is 17.3. The van der Waals surface area contributed by atoms with Crippen molar-refractivity contribution in [2.75, 3.05) is 0 Å². The lowest BCUT2D eigenvalue weighted by Gasteiger charge is -2.31. The molecule has 0 unspecified atom stereocenters. The second kappa shape index (κ2) is 8.92. The molecule has 0 aliphatic heterocycles. The lowest BCUT2D eigenvalue weighted by molar-refractivity contribution is 0.217. The average molecular weight is 329 g/mol. The zero-order valence-electron chi connectivity index (χ0n) is 15.6. The minimum absolute atomic E-state index is 0.381. The van der Waals surface area contributed by atoms with E-state index in [1.54, 1.807) is 0 Å². The molecule has 0 radical (unpaired) electrons. The summed E-state index contributed by atoms with van der Waals surface area (Å²) in [6.45, 7) is 2.43. The molecule has 1 aromatic carbocycles. The van der Waals surface area contributed by atoms with Gasteiger partial charge < -0.3 is 5.11 Å². The van der Waals surface area contributed by atoms with E-state index in [1.165, 1.54) is 82.6 Å². The fraction of sp³-hybridized carbons (Fsp3) is 0.739. The lowest BCUT2D eigenvalue weighted by atomic mass is 9.75. The maximum atomic E-state index is 9.36. The molecule has 2 aliphatic carbocycles. The highest BCUT2D eigenvalue weighted by Gasteiger charge is 2.23. The van der Waals surface area contributed by atoms with Crippen LogP contribution in [0.15, 0.2) is 24.3 Å². The highest BCUT2D eigenvalue weighted by Crippen LogP contribution is 2.37. The van der Waals surface area contributed by atoms with Crippen molar-refractivity contribution >= 4 is 0 Å². The number of phenolic OH excluding ortho intramolecular Hbond substituents is 1. The highest BCUT2D eigenvalue weighted by atomic mass is 16.3. The molecule has 1 aromatic rings. The minimum atomic E-state index is 0.381. The molecule has 24 heavy (non-hydrogen) atoms. The van der Waals surface area contributed by atoms with Crippen molar-refractivity contribution in [3.8, 4) is 5.75 Å². The predicted octanol–water partition coefficient (Wildman–Crippen LogP) is 6.74. The van der Waals surface area contributed by atoms with Gasteiger partial charge in [-0.2, -0.15) is 0 Å². The maximum Gasteiger partial charge on any atom is 0.115 e. The van der Waals surface area contributed by atoms with E-state index >= 15 is 0 Å². The fourth-order valence-corrected chi connectivity index (χ4v) is 4.93. The fourth-order valence-electron chi connectivity index (χ4n) is 4.93. The van der Waals surface area contributed by atoms with Crippen LogP contribution in [-0.4, -0.2) is 5.11 Å². The third-order valence-corrected chi connectivity index (χ3v) is 6.86. The van der Waals surface area contributed by atoms with Crippen LogP contribution in [0.3, 0.4) is 0 Å². The Morgan fingerprint density at radius 1 is 0.708 bits per heavy atom. The number of aryl methyl sites for hydroxylation is 1. The van der Waals surface area contributed by atoms with Crippen molar-refractivity contribution in [2.24, 2.45) is 23.7 Å². The van der Waals surface area contributed by atoms with E-state index in [0.717, 1.165) is 23.7 Å². The van der Waals surface area contributed by atoms with Crippen LogP contribution < -0.4 is 0 Å². The van der Waals surface area contributed by atoms with E-state index in [4.69, 9.17) is 0 Å². The Morgan fingerprint density at radius 3 is 1.71 bits per heavy atom. The molecular weight excluding hydrogens is 292 g/mol. The number of phenols is 1. The van der Waals surface area contributed by atoms with Crippen molar-refractivity contribution in [2.45, 2.75) is 84.0 Å². The summed E-state index contributed by atoms with van der Waals surface area (Å²) in [5, 5.41) is 9.36. The first-order chi connectivity index (χ1) is 11.7. The quantitative estimate of drug-likeness (QED) is 0.613. The van der Waals surface area contributed by atoms with Gasteiger partial charge in [0.05, 0.1) is 0 Å². The van der Waals surface area contributed by atoms with E-state index in [-0.39, 0.29) is 0 Å². The number of hydrogen-bond acceptors (Lipinski definition) is 1. The highest BCUT2D eigenvalue weighted by molar-refractivity contribution is 5.25. The SMILES string of the molecule is CC1CCC(CCC2CCC(CCc3ccc(O)cc3)CC2)CC1. The normalized spacial score (nSPS) is 31.0. The Morgan fingerprint density at radius 2 is 1.17 bits per heavy atom. The van der Waals surface area contributed by atoms with Crippen LogP contribution in [-0.2, 0) is 6.42 Å². The molecule has 1 heteroatoms. The van der Waals surface area contributed by atoms with E-state index in [1.807, 2.05) is 12.1 Å². The summed E-state index contributed by atoms with van der Waals surface area (Å²) in [5.74, 6) is 4.38. The van der Waals surface area contributed by atoms with Crippen molar-refractivity contribution in [1.29, 1.82) is 0 Å². The van der Waals surface area contributed by atoms with Crippen LogP contribution in [0, 0.1) is 23.7 Å². The van der Waals surface area contributed by atoms with Gasteiger partial charge >= 0.3 is 0 Å². The molecule has 1 nitrogen and oxygen atoms in total. The molecule has 0 bridgehead atoms. The summed E-state index contributed by atoms with van der Waals surface area (Å²) >= 11 is 0. The van der Waals surface area contributed by atoms with Gasteiger partial charge in [-0.15, -0.1) is 0 Å². The summed E-state index contributed by atoms with van der Waals surface area (Å²) in [6, 6.07) is 7.79. The zero-order valence-corrected chi connectivity index (χ0v) is 15.6. The molecule has 134 valence electrons. The van der Waals surface area contributed by atoms with Gasteiger partial charge in [-0.25, -0.2) is 0 Å². The molecule has 0 spiro atoms. The van der Waals surface area contributed by atoms with E-state index in [9.17, 15) is 5.11 Å². The molecule has 0 atom stereocenters. The monoisotopic (exact) mass is 328 g/mol. The minimum Gasteiger partial charge on any atom is -0.508 e. The second-order valence-electron chi connectivity index (χ2n) is 8.80. The smallest absolute Gasteiger partial charge is 0.115 e. The molecule has 0 aromatic heterocycles. The average Bonchev–Trinajstić information content (AvgIpc) is 2.62. The summed E-state index contributed by atoms with van der Waals surface area (Å²) in [4.78, 5) is 0.